The smallest absolute Gasteiger partial charge is 0.142 e. The second-order valence-electron chi connectivity index (χ2n) is 5.79. The van der Waals surface area contributed by atoms with Gasteiger partial charge in [-0.15, -0.1) is 0 Å². The van der Waals surface area contributed by atoms with Gasteiger partial charge < -0.3 is 14.8 Å². The fraction of sp³-hybridized carbons (Fsp3) is 0.368. The summed E-state index contributed by atoms with van der Waals surface area (Å²) in [7, 11) is 0. The molecule has 2 aromatic rings. The van der Waals surface area contributed by atoms with Gasteiger partial charge in [0.15, 0.2) is 0 Å². The van der Waals surface area contributed by atoms with Gasteiger partial charge in [0.25, 0.3) is 0 Å². The molecule has 1 atom stereocenters. The highest BCUT2D eigenvalue weighted by Gasteiger charge is 2.08. The van der Waals surface area contributed by atoms with Crippen LogP contribution in [-0.2, 0) is 0 Å². The first kappa shape index (κ1) is 16.2. The molecule has 0 aliphatic rings. The van der Waals surface area contributed by atoms with Crippen molar-refractivity contribution >= 4 is 5.69 Å². The van der Waals surface area contributed by atoms with Crippen molar-refractivity contribution in [2.75, 3.05) is 11.9 Å². The van der Waals surface area contributed by atoms with Gasteiger partial charge in [0.1, 0.15) is 17.6 Å². The minimum absolute atomic E-state index is 0.0638. The van der Waals surface area contributed by atoms with E-state index in [4.69, 9.17) is 9.47 Å². The quantitative estimate of drug-likeness (QED) is 0.806. The predicted molar refractivity (Wildman–Crippen MR) is 92.0 cm³/mol. The maximum atomic E-state index is 5.93. The number of rotatable bonds is 7. The summed E-state index contributed by atoms with van der Waals surface area (Å²) in [6, 6.07) is 16.1. The minimum atomic E-state index is 0.0638. The van der Waals surface area contributed by atoms with Gasteiger partial charge in [-0.05, 0) is 57.5 Å². The molecule has 0 aromatic heterocycles. The first-order valence-electron chi connectivity index (χ1n) is 7.77. The summed E-state index contributed by atoms with van der Waals surface area (Å²) in [6.45, 7) is 8.89. The van der Waals surface area contributed by atoms with Crippen LogP contribution in [0.25, 0.3) is 0 Å². The number of hydrogen-bond acceptors (Lipinski definition) is 3. The molecule has 0 bridgehead atoms. The molecule has 0 fully saturated rings. The molecule has 0 aliphatic carbocycles. The van der Waals surface area contributed by atoms with Crippen LogP contribution in [0.15, 0.2) is 48.5 Å². The van der Waals surface area contributed by atoms with E-state index in [1.54, 1.807) is 0 Å². The Morgan fingerprint density at radius 2 is 1.73 bits per heavy atom. The monoisotopic (exact) mass is 299 g/mol. The van der Waals surface area contributed by atoms with E-state index in [0.717, 1.165) is 17.2 Å². The Kier molecular flexibility index (Phi) is 5.70. The van der Waals surface area contributed by atoms with Crippen molar-refractivity contribution in [3.05, 3.63) is 54.1 Å². The highest BCUT2D eigenvalue weighted by Crippen LogP contribution is 2.25. The molecule has 0 saturated heterocycles. The second kappa shape index (κ2) is 7.74. The Morgan fingerprint density at radius 1 is 0.955 bits per heavy atom. The third kappa shape index (κ3) is 4.99. The molecule has 0 aliphatic heterocycles. The molecular formula is C19H25NO2. The number of benzene rings is 2. The maximum Gasteiger partial charge on any atom is 0.142 e. The van der Waals surface area contributed by atoms with Gasteiger partial charge >= 0.3 is 0 Å². The average molecular weight is 299 g/mol. The van der Waals surface area contributed by atoms with E-state index >= 15 is 0 Å². The zero-order valence-corrected chi connectivity index (χ0v) is 13.8. The van der Waals surface area contributed by atoms with Crippen LogP contribution in [0.4, 0.5) is 5.69 Å². The van der Waals surface area contributed by atoms with Crippen LogP contribution in [0.3, 0.4) is 0 Å². The Morgan fingerprint density at radius 3 is 2.45 bits per heavy atom. The fourth-order valence-corrected chi connectivity index (χ4v) is 2.19. The van der Waals surface area contributed by atoms with Crippen LogP contribution >= 0.6 is 0 Å². The standard InChI is InChI=1S/C19H25NO2/c1-14(2)21-19-11-6-5-10-18(19)20-13-16(4)22-17-9-7-8-15(3)12-17/h5-12,14,16,20H,13H2,1-4H3. The molecule has 2 rings (SSSR count). The lowest BCUT2D eigenvalue weighted by atomic mass is 10.2. The van der Waals surface area contributed by atoms with Crippen molar-refractivity contribution in [1.29, 1.82) is 0 Å². The second-order valence-corrected chi connectivity index (χ2v) is 5.79. The SMILES string of the molecule is Cc1cccc(OC(C)CNc2ccccc2OC(C)C)c1. The zero-order chi connectivity index (χ0) is 15.9. The highest BCUT2D eigenvalue weighted by molar-refractivity contribution is 5.56. The number of para-hydroxylation sites is 2. The van der Waals surface area contributed by atoms with E-state index in [0.29, 0.717) is 6.54 Å². The van der Waals surface area contributed by atoms with Crippen LogP contribution < -0.4 is 14.8 Å². The van der Waals surface area contributed by atoms with Crippen molar-refractivity contribution in [2.45, 2.75) is 39.9 Å². The first-order valence-corrected chi connectivity index (χ1v) is 7.77. The van der Waals surface area contributed by atoms with Crippen molar-refractivity contribution in [3.63, 3.8) is 0 Å². The molecule has 0 spiro atoms. The van der Waals surface area contributed by atoms with Crippen molar-refractivity contribution in [1.82, 2.24) is 0 Å². The summed E-state index contributed by atoms with van der Waals surface area (Å²) in [6.07, 6.45) is 0.220. The van der Waals surface area contributed by atoms with Crippen LogP contribution in [0.5, 0.6) is 11.5 Å². The molecular weight excluding hydrogens is 274 g/mol. The van der Waals surface area contributed by atoms with Gasteiger partial charge in [-0.25, -0.2) is 0 Å². The van der Waals surface area contributed by atoms with Gasteiger partial charge in [-0.3, -0.25) is 0 Å². The molecule has 0 saturated carbocycles. The lowest BCUT2D eigenvalue weighted by molar-refractivity contribution is 0.232. The fourth-order valence-electron chi connectivity index (χ4n) is 2.19. The third-order valence-corrected chi connectivity index (χ3v) is 3.16. The zero-order valence-electron chi connectivity index (χ0n) is 13.8. The van der Waals surface area contributed by atoms with E-state index in [9.17, 15) is 0 Å². The first-order chi connectivity index (χ1) is 10.5. The van der Waals surface area contributed by atoms with Crippen LogP contribution in [0.2, 0.25) is 0 Å². The van der Waals surface area contributed by atoms with Crippen molar-refractivity contribution in [2.24, 2.45) is 0 Å². The van der Waals surface area contributed by atoms with Gasteiger partial charge in [-0.2, -0.15) is 0 Å². The van der Waals surface area contributed by atoms with Gasteiger partial charge in [0.05, 0.1) is 18.3 Å². The number of aryl methyl sites for hydroxylation is 1. The van der Waals surface area contributed by atoms with Gasteiger partial charge in [0, 0.05) is 0 Å². The Balaban J connectivity index is 1.92. The summed E-state index contributed by atoms with van der Waals surface area (Å²) in [4.78, 5) is 0. The summed E-state index contributed by atoms with van der Waals surface area (Å²) >= 11 is 0. The molecule has 0 heterocycles. The largest absolute Gasteiger partial charge is 0.489 e. The molecule has 0 radical (unpaired) electrons. The summed E-state index contributed by atoms with van der Waals surface area (Å²) in [5.74, 6) is 1.78. The van der Waals surface area contributed by atoms with Gasteiger partial charge in [-0.1, -0.05) is 24.3 Å². The van der Waals surface area contributed by atoms with E-state index in [2.05, 4.69) is 25.2 Å². The Labute approximate surface area is 133 Å². The molecule has 0 amide bonds. The Bertz CT molecular complexity index is 595. The van der Waals surface area contributed by atoms with Crippen LogP contribution in [0.1, 0.15) is 26.3 Å². The van der Waals surface area contributed by atoms with E-state index in [-0.39, 0.29) is 12.2 Å². The minimum Gasteiger partial charge on any atom is -0.489 e. The van der Waals surface area contributed by atoms with Crippen molar-refractivity contribution in [3.8, 4) is 11.5 Å². The predicted octanol–water partition coefficient (Wildman–Crippen LogP) is 4.66. The topological polar surface area (TPSA) is 30.5 Å². The van der Waals surface area contributed by atoms with Crippen LogP contribution in [0, 0.1) is 6.92 Å². The number of nitrogens with one attached hydrogen (secondary N) is 1. The molecule has 3 heteroatoms. The summed E-state index contributed by atoms with van der Waals surface area (Å²) in [5, 5.41) is 3.40. The lowest BCUT2D eigenvalue weighted by Gasteiger charge is -2.19. The third-order valence-electron chi connectivity index (χ3n) is 3.16. The highest BCUT2D eigenvalue weighted by atomic mass is 16.5. The van der Waals surface area contributed by atoms with Crippen LogP contribution in [-0.4, -0.2) is 18.8 Å². The number of hydrogen-bond donors (Lipinski definition) is 1. The maximum absolute atomic E-state index is 5.93. The molecule has 2 aromatic carbocycles. The molecule has 3 nitrogen and oxygen atoms in total. The average Bonchev–Trinajstić information content (AvgIpc) is 2.46. The molecule has 118 valence electrons. The van der Waals surface area contributed by atoms with Gasteiger partial charge in [0.2, 0.25) is 0 Å². The number of ether oxygens (including phenoxy) is 2. The van der Waals surface area contributed by atoms with E-state index < -0.39 is 0 Å². The normalized spacial score (nSPS) is 12.0. The molecule has 1 unspecified atom stereocenters. The van der Waals surface area contributed by atoms with E-state index in [1.807, 2.05) is 56.3 Å². The van der Waals surface area contributed by atoms with E-state index in [1.165, 1.54) is 5.56 Å². The lowest BCUT2D eigenvalue weighted by Crippen LogP contribution is -2.23. The molecule has 1 N–H and O–H groups in total. The number of anilines is 1. The summed E-state index contributed by atoms with van der Waals surface area (Å²) < 4.78 is 11.7. The Hall–Kier alpha value is -2.16. The summed E-state index contributed by atoms with van der Waals surface area (Å²) in [5.41, 5.74) is 2.20. The van der Waals surface area contributed by atoms with Crippen molar-refractivity contribution < 1.29 is 9.47 Å². The molecule has 22 heavy (non-hydrogen) atoms.